The summed E-state index contributed by atoms with van der Waals surface area (Å²) in [6, 6.07) is 2.59. The van der Waals surface area contributed by atoms with Gasteiger partial charge in [0.25, 0.3) is 0 Å². The topological polar surface area (TPSA) is 54.7 Å². The Balaban J connectivity index is 2.35. The fourth-order valence-corrected chi connectivity index (χ4v) is 1.83. The summed E-state index contributed by atoms with van der Waals surface area (Å²) in [5.74, 6) is -0.808. The van der Waals surface area contributed by atoms with E-state index in [9.17, 15) is 8.78 Å². The molecule has 5 heteroatoms. The molecule has 2 rings (SSSR count). The van der Waals surface area contributed by atoms with Crippen molar-refractivity contribution in [1.82, 2.24) is 9.97 Å². The van der Waals surface area contributed by atoms with E-state index in [0.29, 0.717) is 30.2 Å². The summed E-state index contributed by atoms with van der Waals surface area (Å²) in [4.78, 5) is 7.07. The van der Waals surface area contributed by atoms with Crippen molar-refractivity contribution < 1.29 is 8.78 Å². The second-order valence-corrected chi connectivity index (χ2v) is 4.16. The Kier molecular flexibility index (Phi) is 3.38. The number of hydrogen-bond donors (Lipinski definition) is 2. The average Bonchev–Trinajstić information content (AvgIpc) is 2.74. The number of imidazole rings is 1. The van der Waals surface area contributed by atoms with Crippen LogP contribution in [0.25, 0.3) is 11.0 Å². The van der Waals surface area contributed by atoms with Gasteiger partial charge in [-0.05, 0) is 24.6 Å². The molecule has 0 aliphatic heterocycles. The Morgan fingerprint density at radius 1 is 1.41 bits per heavy atom. The van der Waals surface area contributed by atoms with Gasteiger partial charge in [-0.15, -0.1) is 0 Å². The van der Waals surface area contributed by atoms with Crippen molar-refractivity contribution in [2.75, 3.05) is 6.54 Å². The predicted octanol–water partition coefficient (Wildman–Crippen LogP) is 2.37. The Morgan fingerprint density at radius 2 is 2.18 bits per heavy atom. The van der Waals surface area contributed by atoms with Gasteiger partial charge >= 0.3 is 0 Å². The maximum absolute atomic E-state index is 13.4. The first-order valence-electron chi connectivity index (χ1n) is 5.68. The third kappa shape index (κ3) is 2.29. The van der Waals surface area contributed by atoms with E-state index in [4.69, 9.17) is 5.73 Å². The number of aromatic nitrogens is 2. The summed E-state index contributed by atoms with van der Waals surface area (Å²) in [5.41, 5.74) is 6.18. The summed E-state index contributed by atoms with van der Waals surface area (Å²) in [7, 11) is 0. The van der Waals surface area contributed by atoms with Crippen molar-refractivity contribution >= 4 is 11.0 Å². The van der Waals surface area contributed by atoms with Crippen molar-refractivity contribution in [3.8, 4) is 0 Å². The first-order chi connectivity index (χ1) is 8.15. The van der Waals surface area contributed by atoms with Gasteiger partial charge in [-0.3, -0.25) is 0 Å². The number of nitrogens with zero attached hydrogens (tertiary/aromatic N) is 1. The number of halogens is 2. The number of hydrogen-bond acceptors (Lipinski definition) is 2. The zero-order valence-electron chi connectivity index (χ0n) is 9.63. The van der Waals surface area contributed by atoms with Crippen molar-refractivity contribution in [1.29, 1.82) is 0 Å². The summed E-state index contributed by atoms with van der Waals surface area (Å²) >= 11 is 0. The number of nitrogens with one attached hydrogen (secondary N) is 1. The quantitative estimate of drug-likeness (QED) is 0.860. The first-order valence-corrected chi connectivity index (χ1v) is 5.68. The van der Waals surface area contributed by atoms with Gasteiger partial charge in [0.2, 0.25) is 0 Å². The highest BCUT2D eigenvalue weighted by molar-refractivity contribution is 5.75. The number of fused-ring (bicyclic) bond motifs is 1. The molecular weight excluding hydrogens is 224 g/mol. The molecule has 1 unspecified atom stereocenters. The number of benzene rings is 1. The van der Waals surface area contributed by atoms with Crippen LogP contribution in [0.2, 0.25) is 0 Å². The van der Waals surface area contributed by atoms with Crippen LogP contribution >= 0.6 is 0 Å². The minimum atomic E-state index is -0.897. The summed E-state index contributed by atoms with van der Waals surface area (Å²) in [6.45, 7) is 2.60. The van der Waals surface area contributed by atoms with Crippen LogP contribution in [0.4, 0.5) is 8.78 Å². The molecule has 0 aliphatic carbocycles. The van der Waals surface area contributed by atoms with Crippen LogP contribution in [-0.4, -0.2) is 16.5 Å². The molecule has 0 bridgehead atoms. The van der Waals surface area contributed by atoms with E-state index in [1.807, 2.05) is 6.92 Å². The average molecular weight is 239 g/mol. The third-order valence-electron chi connectivity index (χ3n) is 2.99. The molecule has 0 radical (unpaired) electrons. The Morgan fingerprint density at radius 3 is 2.82 bits per heavy atom. The van der Waals surface area contributed by atoms with E-state index in [1.165, 1.54) is 6.07 Å². The lowest BCUT2D eigenvalue weighted by Gasteiger charge is -2.08. The first kappa shape index (κ1) is 12.0. The number of H-pyrrole nitrogens is 1. The van der Waals surface area contributed by atoms with E-state index >= 15 is 0 Å². The minimum absolute atomic E-state index is 0.0619. The van der Waals surface area contributed by atoms with Crippen LogP contribution in [0.5, 0.6) is 0 Å². The fourth-order valence-electron chi connectivity index (χ4n) is 1.83. The normalized spacial score (nSPS) is 13.2. The predicted molar refractivity (Wildman–Crippen MR) is 62.5 cm³/mol. The fraction of sp³-hybridized carbons (Fsp3) is 0.417. The maximum Gasteiger partial charge on any atom is 0.186 e. The zero-order chi connectivity index (χ0) is 12.4. The number of nitrogens with two attached hydrogens (primary N) is 1. The molecule has 1 atom stereocenters. The molecule has 1 heterocycles. The molecule has 0 saturated carbocycles. The molecule has 0 spiro atoms. The molecule has 0 fully saturated rings. The Labute approximate surface area is 98.0 Å². The van der Waals surface area contributed by atoms with E-state index in [2.05, 4.69) is 9.97 Å². The van der Waals surface area contributed by atoms with E-state index < -0.39 is 11.6 Å². The summed E-state index contributed by atoms with van der Waals surface area (Å²) < 4.78 is 26.4. The molecule has 3 N–H and O–H groups in total. The monoisotopic (exact) mass is 239 g/mol. The van der Waals surface area contributed by atoms with Gasteiger partial charge in [0.05, 0.1) is 5.52 Å². The second kappa shape index (κ2) is 4.79. The Bertz CT molecular complexity index is 518. The van der Waals surface area contributed by atoms with Crippen LogP contribution in [-0.2, 0) is 6.42 Å². The van der Waals surface area contributed by atoms with Gasteiger partial charge in [0.15, 0.2) is 11.6 Å². The number of rotatable bonds is 4. The van der Waals surface area contributed by atoms with Gasteiger partial charge < -0.3 is 10.7 Å². The second-order valence-electron chi connectivity index (χ2n) is 4.16. The van der Waals surface area contributed by atoms with Crippen LogP contribution in [0, 0.1) is 17.6 Å². The third-order valence-corrected chi connectivity index (χ3v) is 2.99. The zero-order valence-corrected chi connectivity index (χ0v) is 9.63. The van der Waals surface area contributed by atoms with E-state index in [0.717, 1.165) is 12.5 Å². The molecular formula is C12H15F2N3. The van der Waals surface area contributed by atoms with Gasteiger partial charge in [0.1, 0.15) is 11.3 Å². The van der Waals surface area contributed by atoms with Crippen LogP contribution < -0.4 is 5.73 Å². The molecule has 3 nitrogen and oxygen atoms in total. The molecule has 92 valence electrons. The highest BCUT2D eigenvalue weighted by Crippen LogP contribution is 2.19. The molecule has 1 aromatic carbocycles. The largest absolute Gasteiger partial charge is 0.342 e. The van der Waals surface area contributed by atoms with Crippen LogP contribution in [0.15, 0.2) is 12.1 Å². The SMILES string of the molecule is CCC(CN)Cc1nc2c(F)c(F)ccc2[nH]1. The van der Waals surface area contributed by atoms with E-state index in [1.54, 1.807) is 0 Å². The smallest absolute Gasteiger partial charge is 0.186 e. The molecule has 0 aliphatic rings. The lowest BCUT2D eigenvalue weighted by Crippen LogP contribution is -2.16. The minimum Gasteiger partial charge on any atom is -0.342 e. The lowest BCUT2D eigenvalue weighted by molar-refractivity contribution is 0.506. The lowest BCUT2D eigenvalue weighted by atomic mass is 10.0. The molecule has 0 saturated heterocycles. The number of aromatic amines is 1. The molecule has 2 aromatic rings. The molecule has 1 aromatic heterocycles. The highest BCUT2D eigenvalue weighted by atomic mass is 19.2. The van der Waals surface area contributed by atoms with Crippen LogP contribution in [0.1, 0.15) is 19.2 Å². The van der Waals surface area contributed by atoms with Gasteiger partial charge in [0, 0.05) is 6.42 Å². The summed E-state index contributed by atoms with van der Waals surface area (Å²) in [6.07, 6.45) is 1.59. The standard InChI is InChI=1S/C12H15F2N3/c1-2-7(6-15)5-10-16-9-4-3-8(13)11(14)12(9)17-10/h3-4,7H,2,5-6,15H2,1H3,(H,16,17). The van der Waals surface area contributed by atoms with Crippen molar-refractivity contribution in [2.24, 2.45) is 11.7 Å². The van der Waals surface area contributed by atoms with Crippen molar-refractivity contribution in [3.05, 3.63) is 29.6 Å². The molecule has 17 heavy (non-hydrogen) atoms. The van der Waals surface area contributed by atoms with Crippen LogP contribution in [0.3, 0.4) is 0 Å². The molecule has 0 amide bonds. The van der Waals surface area contributed by atoms with Crippen molar-refractivity contribution in [2.45, 2.75) is 19.8 Å². The Hall–Kier alpha value is -1.49. The highest BCUT2D eigenvalue weighted by Gasteiger charge is 2.13. The van der Waals surface area contributed by atoms with Gasteiger partial charge in [-0.1, -0.05) is 13.3 Å². The van der Waals surface area contributed by atoms with E-state index in [-0.39, 0.29) is 5.52 Å². The maximum atomic E-state index is 13.4. The van der Waals surface area contributed by atoms with Gasteiger partial charge in [-0.2, -0.15) is 0 Å². The van der Waals surface area contributed by atoms with Gasteiger partial charge in [-0.25, -0.2) is 13.8 Å². The van der Waals surface area contributed by atoms with Crippen molar-refractivity contribution in [3.63, 3.8) is 0 Å². The summed E-state index contributed by atoms with van der Waals surface area (Å²) in [5, 5.41) is 0.